The molecule has 8 heteroatoms. The summed E-state index contributed by atoms with van der Waals surface area (Å²) in [6.07, 6.45) is 3.26. The molecule has 0 aromatic carbocycles. The van der Waals surface area contributed by atoms with Gasteiger partial charge in [-0.25, -0.2) is 0 Å². The highest BCUT2D eigenvalue weighted by atomic mass is 32.2. The number of rotatable bonds is 7. The second-order valence-electron chi connectivity index (χ2n) is 5.01. The molecule has 0 saturated carbocycles. The fourth-order valence-corrected chi connectivity index (χ4v) is 4.66. The van der Waals surface area contributed by atoms with E-state index in [1.165, 1.54) is 28.0 Å². The molecule has 2 aromatic rings. The lowest BCUT2D eigenvalue weighted by atomic mass is 10.3. The predicted octanol–water partition coefficient (Wildman–Crippen LogP) is 2.97. The normalized spacial score (nSPS) is 14.5. The number of hydrogen-bond acceptors (Lipinski definition) is 7. The van der Waals surface area contributed by atoms with Gasteiger partial charge in [0, 0.05) is 24.5 Å². The third kappa shape index (κ3) is 4.44. The third-order valence-electron chi connectivity index (χ3n) is 3.41. The van der Waals surface area contributed by atoms with Crippen molar-refractivity contribution in [3.8, 4) is 0 Å². The van der Waals surface area contributed by atoms with E-state index in [-0.39, 0.29) is 5.91 Å². The number of thioether (sulfide) groups is 1. The highest BCUT2D eigenvalue weighted by Crippen LogP contribution is 2.26. The standard InChI is InChI=1S/C14H18N4OS3/c19-12(18-7-1-2-8-18)10-21-14-17-16-13(22-14)15-6-5-11-4-3-9-20-11/h3-4,9H,1-2,5-8,10H2,(H,15,16). The molecule has 0 atom stereocenters. The molecule has 1 N–H and O–H groups in total. The van der Waals surface area contributed by atoms with E-state index in [4.69, 9.17) is 0 Å². The van der Waals surface area contributed by atoms with Crippen LogP contribution in [-0.4, -0.2) is 46.4 Å². The van der Waals surface area contributed by atoms with E-state index < -0.39 is 0 Å². The maximum Gasteiger partial charge on any atom is 0.233 e. The van der Waals surface area contributed by atoms with Crippen molar-refractivity contribution in [1.29, 1.82) is 0 Å². The molecular formula is C14H18N4OS3. The largest absolute Gasteiger partial charge is 0.360 e. The zero-order valence-electron chi connectivity index (χ0n) is 12.2. The quantitative estimate of drug-likeness (QED) is 0.775. The summed E-state index contributed by atoms with van der Waals surface area (Å²) in [5, 5.41) is 14.5. The van der Waals surface area contributed by atoms with Gasteiger partial charge in [0.05, 0.1) is 5.75 Å². The molecule has 0 unspecified atom stereocenters. The van der Waals surface area contributed by atoms with Gasteiger partial charge >= 0.3 is 0 Å². The minimum absolute atomic E-state index is 0.213. The molecule has 0 radical (unpaired) electrons. The van der Waals surface area contributed by atoms with E-state index in [0.717, 1.165) is 48.4 Å². The van der Waals surface area contributed by atoms with Gasteiger partial charge in [-0.05, 0) is 30.7 Å². The van der Waals surface area contributed by atoms with Crippen LogP contribution in [0.2, 0.25) is 0 Å². The molecule has 0 aliphatic carbocycles. The number of amides is 1. The van der Waals surface area contributed by atoms with E-state index in [0.29, 0.717) is 5.75 Å². The molecular weight excluding hydrogens is 336 g/mol. The van der Waals surface area contributed by atoms with Gasteiger partial charge < -0.3 is 10.2 Å². The summed E-state index contributed by atoms with van der Waals surface area (Å²) >= 11 is 4.77. The molecule has 1 aliphatic rings. The summed E-state index contributed by atoms with van der Waals surface area (Å²) in [6.45, 7) is 2.67. The summed E-state index contributed by atoms with van der Waals surface area (Å²) < 4.78 is 0.853. The van der Waals surface area contributed by atoms with Gasteiger partial charge in [-0.1, -0.05) is 29.2 Å². The monoisotopic (exact) mass is 354 g/mol. The first-order chi connectivity index (χ1) is 10.8. The Morgan fingerprint density at radius 2 is 2.23 bits per heavy atom. The Morgan fingerprint density at radius 1 is 1.36 bits per heavy atom. The number of anilines is 1. The maximum absolute atomic E-state index is 12.0. The summed E-state index contributed by atoms with van der Waals surface area (Å²) in [5.41, 5.74) is 0. The first-order valence-electron chi connectivity index (χ1n) is 7.31. The number of carbonyl (C=O) groups is 1. The van der Waals surface area contributed by atoms with Gasteiger partial charge in [-0.15, -0.1) is 21.5 Å². The summed E-state index contributed by atoms with van der Waals surface area (Å²) in [7, 11) is 0. The molecule has 2 aromatic heterocycles. The molecule has 1 amide bonds. The second-order valence-corrected chi connectivity index (χ2v) is 8.24. The van der Waals surface area contributed by atoms with Crippen LogP contribution in [0.4, 0.5) is 5.13 Å². The molecule has 0 spiro atoms. The van der Waals surface area contributed by atoms with Crippen LogP contribution in [0.3, 0.4) is 0 Å². The molecule has 3 rings (SSSR count). The highest BCUT2D eigenvalue weighted by Gasteiger charge is 2.18. The van der Waals surface area contributed by atoms with Gasteiger partial charge in [0.25, 0.3) is 0 Å². The van der Waals surface area contributed by atoms with Gasteiger partial charge in [-0.3, -0.25) is 4.79 Å². The number of hydrogen-bond donors (Lipinski definition) is 1. The summed E-state index contributed by atoms with van der Waals surface area (Å²) in [5.74, 6) is 0.675. The van der Waals surface area contributed by atoms with Gasteiger partial charge in [-0.2, -0.15) is 0 Å². The van der Waals surface area contributed by atoms with Crippen molar-refractivity contribution >= 4 is 45.5 Å². The molecule has 118 valence electrons. The van der Waals surface area contributed by atoms with E-state index in [1.807, 2.05) is 4.90 Å². The van der Waals surface area contributed by atoms with Crippen LogP contribution in [-0.2, 0) is 11.2 Å². The Kier molecular flexibility index (Phi) is 5.69. The van der Waals surface area contributed by atoms with Crippen molar-refractivity contribution < 1.29 is 4.79 Å². The van der Waals surface area contributed by atoms with E-state index in [9.17, 15) is 4.79 Å². The molecule has 1 saturated heterocycles. The van der Waals surface area contributed by atoms with E-state index in [2.05, 4.69) is 33.0 Å². The van der Waals surface area contributed by atoms with Crippen molar-refractivity contribution in [2.45, 2.75) is 23.6 Å². The number of likely N-dealkylation sites (tertiary alicyclic amines) is 1. The lowest BCUT2D eigenvalue weighted by Crippen LogP contribution is -2.29. The minimum Gasteiger partial charge on any atom is -0.360 e. The van der Waals surface area contributed by atoms with Crippen LogP contribution < -0.4 is 5.32 Å². The Morgan fingerprint density at radius 3 is 3.00 bits per heavy atom. The first-order valence-corrected chi connectivity index (χ1v) is 10.00. The average Bonchev–Trinajstić information content (AvgIpc) is 3.27. The Hall–Kier alpha value is -1.12. The first kappa shape index (κ1) is 15.8. The number of nitrogens with zero attached hydrogens (tertiary/aromatic N) is 3. The topological polar surface area (TPSA) is 58.1 Å². The Balaban J connectivity index is 1.39. The zero-order valence-corrected chi connectivity index (χ0v) is 14.6. The van der Waals surface area contributed by atoms with Crippen LogP contribution in [0.25, 0.3) is 0 Å². The fourth-order valence-electron chi connectivity index (χ4n) is 2.27. The number of nitrogens with one attached hydrogen (secondary N) is 1. The third-order valence-corrected chi connectivity index (χ3v) is 6.35. The molecule has 1 aliphatic heterocycles. The van der Waals surface area contributed by atoms with Crippen molar-refractivity contribution in [1.82, 2.24) is 15.1 Å². The van der Waals surface area contributed by atoms with E-state index >= 15 is 0 Å². The van der Waals surface area contributed by atoms with Crippen molar-refractivity contribution in [3.05, 3.63) is 22.4 Å². The second kappa shape index (κ2) is 7.94. The van der Waals surface area contributed by atoms with Gasteiger partial charge in [0.2, 0.25) is 11.0 Å². The zero-order chi connectivity index (χ0) is 15.2. The van der Waals surface area contributed by atoms with Crippen LogP contribution in [0, 0.1) is 0 Å². The number of thiophene rings is 1. The molecule has 22 heavy (non-hydrogen) atoms. The SMILES string of the molecule is O=C(CSc1nnc(NCCc2cccs2)s1)N1CCCC1. The molecule has 3 heterocycles. The average molecular weight is 355 g/mol. The van der Waals surface area contributed by atoms with Crippen molar-refractivity contribution in [2.24, 2.45) is 0 Å². The van der Waals surface area contributed by atoms with Crippen molar-refractivity contribution in [2.75, 3.05) is 30.7 Å². The predicted molar refractivity (Wildman–Crippen MR) is 93.0 cm³/mol. The maximum atomic E-state index is 12.0. The highest BCUT2D eigenvalue weighted by molar-refractivity contribution is 8.01. The molecule has 1 fully saturated rings. The molecule has 5 nitrogen and oxygen atoms in total. The van der Waals surface area contributed by atoms with Crippen molar-refractivity contribution in [3.63, 3.8) is 0 Å². The summed E-state index contributed by atoms with van der Waals surface area (Å²) in [4.78, 5) is 15.3. The lowest BCUT2D eigenvalue weighted by Gasteiger charge is -2.13. The van der Waals surface area contributed by atoms with Crippen LogP contribution >= 0.6 is 34.4 Å². The minimum atomic E-state index is 0.213. The Labute approximate surface area is 142 Å². The lowest BCUT2D eigenvalue weighted by molar-refractivity contribution is -0.127. The fraction of sp³-hybridized carbons (Fsp3) is 0.500. The molecule has 0 bridgehead atoms. The smallest absolute Gasteiger partial charge is 0.233 e. The summed E-state index contributed by atoms with van der Waals surface area (Å²) in [6, 6.07) is 4.20. The number of carbonyl (C=O) groups excluding carboxylic acids is 1. The van der Waals surface area contributed by atoms with Crippen LogP contribution in [0.1, 0.15) is 17.7 Å². The number of aromatic nitrogens is 2. The Bertz CT molecular complexity index is 593. The van der Waals surface area contributed by atoms with Gasteiger partial charge in [0.1, 0.15) is 0 Å². The van der Waals surface area contributed by atoms with Gasteiger partial charge in [0.15, 0.2) is 4.34 Å². The van der Waals surface area contributed by atoms with Crippen LogP contribution in [0.15, 0.2) is 21.9 Å². The van der Waals surface area contributed by atoms with E-state index in [1.54, 1.807) is 11.3 Å². The van der Waals surface area contributed by atoms with Crippen LogP contribution in [0.5, 0.6) is 0 Å².